The summed E-state index contributed by atoms with van der Waals surface area (Å²) in [6, 6.07) is 11.4. The van der Waals surface area contributed by atoms with Crippen LogP contribution in [0.4, 0.5) is 5.69 Å². The predicted molar refractivity (Wildman–Crippen MR) is 95.3 cm³/mol. The number of thiophene rings is 1. The number of fused-ring (bicyclic) bond motifs is 1. The van der Waals surface area contributed by atoms with Gasteiger partial charge in [0.25, 0.3) is 0 Å². The van der Waals surface area contributed by atoms with Crippen molar-refractivity contribution in [2.75, 3.05) is 24.2 Å². The second-order valence-corrected chi connectivity index (χ2v) is 8.01. The zero-order valence-electron chi connectivity index (χ0n) is 12.5. The molecule has 0 bridgehead atoms. The van der Waals surface area contributed by atoms with Crippen LogP contribution in [-0.4, -0.2) is 36.1 Å². The molecule has 2 aromatic rings. The number of para-hydroxylation sites is 1. The molecule has 0 saturated carbocycles. The molecule has 2 heterocycles. The number of amides is 2. The van der Waals surface area contributed by atoms with Crippen LogP contribution in [0.25, 0.3) is 0 Å². The van der Waals surface area contributed by atoms with Crippen molar-refractivity contribution in [3.63, 3.8) is 0 Å². The minimum Gasteiger partial charge on any atom is -0.339 e. The van der Waals surface area contributed by atoms with Gasteiger partial charge in [0.05, 0.1) is 22.3 Å². The van der Waals surface area contributed by atoms with Crippen molar-refractivity contribution in [1.29, 1.82) is 0 Å². The number of rotatable bonds is 4. The van der Waals surface area contributed by atoms with E-state index in [2.05, 4.69) is 0 Å². The minimum atomic E-state index is -0.0930. The number of thioether (sulfide) groups is 1. The van der Waals surface area contributed by atoms with Crippen molar-refractivity contribution >= 4 is 52.2 Å². The third kappa shape index (κ3) is 3.71. The van der Waals surface area contributed by atoms with Crippen LogP contribution in [0, 0.1) is 0 Å². The maximum atomic E-state index is 12.5. The number of nitrogens with zero attached hydrogens (tertiary/aromatic N) is 2. The third-order valence-electron chi connectivity index (χ3n) is 3.55. The molecule has 7 heteroatoms. The first-order valence-corrected chi connectivity index (χ1v) is 9.23. The number of hydrogen-bond donors (Lipinski definition) is 0. The molecule has 4 nitrogen and oxygen atoms in total. The number of carbonyl (C=O) groups is 2. The van der Waals surface area contributed by atoms with Gasteiger partial charge in [-0.2, -0.15) is 0 Å². The average Bonchev–Trinajstić information content (AvgIpc) is 2.95. The Morgan fingerprint density at radius 1 is 1.30 bits per heavy atom. The van der Waals surface area contributed by atoms with Crippen LogP contribution in [0.3, 0.4) is 0 Å². The number of hydrogen-bond acceptors (Lipinski definition) is 4. The first kappa shape index (κ1) is 16.4. The van der Waals surface area contributed by atoms with Crippen LogP contribution in [-0.2, 0) is 16.1 Å². The highest BCUT2D eigenvalue weighted by Gasteiger charge is 2.27. The smallest absolute Gasteiger partial charge is 0.242 e. The molecule has 0 spiro atoms. The van der Waals surface area contributed by atoms with E-state index < -0.39 is 0 Å². The van der Waals surface area contributed by atoms with E-state index >= 15 is 0 Å². The van der Waals surface area contributed by atoms with Gasteiger partial charge in [-0.05, 0) is 24.3 Å². The van der Waals surface area contributed by atoms with Crippen molar-refractivity contribution in [3.8, 4) is 0 Å². The summed E-state index contributed by atoms with van der Waals surface area (Å²) in [4.78, 5) is 29.9. The number of benzene rings is 1. The summed E-state index contributed by atoms with van der Waals surface area (Å²) in [5.74, 6) is 0.244. The topological polar surface area (TPSA) is 40.6 Å². The van der Waals surface area contributed by atoms with Crippen molar-refractivity contribution in [2.45, 2.75) is 11.4 Å². The highest BCUT2D eigenvalue weighted by Crippen LogP contribution is 2.34. The van der Waals surface area contributed by atoms with Crippen molar-refractivity contribution in [2.24, 2.45) is 0 Å². The first-order valence-electron chi connectivity index (χ1n) is 7.05. The summed E-state index contributed by atoms with van der Waals surface area (Å²) in [6.45, 7) is 0.556. The van der Waals surface area contributed by atoms with Crippen LogP contribution in [0.1, 0.15) is 4.88 Å². The van der Waals surface area contributed by atoms with Gasteiger partial charge in [-0.15, -0.1) is 23.1 Å². The second kappa shape index (κ2) is 6.95. The molecule has 0 atom stereocenters. The average molecular weight is 367 g/mol. The Labute approximate surface area is 148 Å². The molecule has 1 aliphatic rings. The maximum Gasteiger partial charge on any atom is 0.242 e. The van der Waals surface area contributed by atoms with E-state index in [1.165, 1.54) is 23.1 Å². The van der Waals surface area contributed by atoms with E-state index in [1.54, 1.807) is 16.8 Å². The first-order chi connectivity index (χ1) is 11.0. The maximum absolute atomic E-state index is 12.5. The van der Waals surface area contributed by atoms with Crippen molar-refractivity contribution in [1.82, 2.24) is 4.90 Å². The summed E-state index contributed by atoms with van der Waals surface area (Å²) in [7, 11) is 1.74. The molecule has 1 aliphatic heterocycles. The normalized spacial score (nSPS) is 13.8. The van der Waals surface area contributed by atoms with Crippen molar-refractivity contribution in [3.05, 3.63) is 45.6 Å². The highest BCUT2D eigenvalue weighted by molar-refractivity contribution is 8.00. The lowest BCUT2D eigenvalue weighted by molar-refractivity contribution is -0.130. The van der Waals surface area contributed by atoms with E-state index in [-0.39, 0.29) is 18.4 Å². The Hall–Kier alpha value is -1.50. The molecular formula is C16H15ClN2O2S2. The van der Waals surface area contributed by atoms with E-state index in [0.717, 1.165) is 15.5 Å². The monoisotopic (exact) mass is 366 g/mol. The molecular weight excluding hydrogens is 352 g/mol. The van der Waals surface area contributed by atoms with Crippen LogP contribution < -0.4 is 4.90 Å². The Balaban J connectivity index is 1.70. The highest BCUT2D eigenvalue weighted by atomic mass is 35.5. The standard InChI is InChI=1S/C16H15ClN2O2S2/c1-18(8-11-6-7-14(17)23-11)15(20)9-19-12-4-2-3-5-13(12)22-10-16(19)21/h2-7H,8-10H2,1H3. The van der Waals surface area contributed by atoms with E-state index in [0.29, 0.717) is 16.6 Å². The number of anilines is 1. The van der Waals surface area contributed by atoms with Crippen LogP contribution in [0.5, 0.6) is 0 Å². The van der Waals surface area contributed by atoms with Gasteiger partial charge in [0.15, 0.2) is 0 Å². The Kier molecular flexibility index (Phi) is 4.94. The lowest BCUT2D eigenvalue weighted by atomic mass is 10.2. The fourth-order valence-electron chi connectivity index (χ4n) is 2.34. The molecule has 0 unspecified atom stereocenters. The molecule has 0 fully saturated rings. The summed E-state index contributed by atoms with van der Waals surface area (Å²) in [5.41, 5.74) is 0.815. The zero-order chi connectivity index (χ0) is 16.4. The van der Waals surface area contributed by atoms with Gasteiger partial charge in [-0.1, -0.05) is 23.7 Å². The van der Waals surface area contributed by atoms with Crippen LogP contribution in [0.2, 0.25) is 4.34 Å². The molecule has 0 aliphatic carbocycles. The Bertz CT molecular complexity index is 747. The molecule has 3 rings (SSSR count). The molecule has 0 radical (unpaired) electrons. The quantitative estimate of drug-likeness (QED) is 0.831. The fraction of sp³-hybridized carbons (Fsp3) is 0.250. The molecule has 23 heavy (non-hydrogen) atoms. The van der Waals surface area contributed by atoms with Gasteiger partial charge in [0.2, 0.25) is 11.8 Å². The van der Waals surface area contributed by atoms with E-state index in [1.807, 2.05) is 36.4 Å². The van der Waals surface area contributed by atoms with Crippen molar-refractivity contribution < 1.29 is 9.59 Å². The molecule has 2 amide bonds. The van der Waals surface area contributed by atoms with Crippen LogP contribution >= 0.6 is 34.7 Å². The number of likely N-dealkylation sites (N-methyl/N-ethyl adjacent to an activating group) is 1. The van der Waals surface area contributed by atoms with Gasteiger partial charge in [0.1, 0.15) is 6.54 Å². The summed E-state index contributed by atoms with van der Waals surface area (Å²) in [5, 5.41) is 0. The largest absolute Gasteiger partial charge is 0.339 e. The summed E-state index contributed by atoms with van der Waals surface area (Å²) in [6.07, 6.45) is 0. The van der Waals surface area contributed by atoms with Gasteiger partial charge in [-0.3, -0.25) is 9.59 Å². The zero-order valence-corrected chi connectivity index (χ0v) is 14.9. The fourth-order valence-corrected chi connectivity index (χ4v) is 4.42. The number of halogens is 1. The second-order valence-electron chi connectivity index (χ2n) is 5.19. The molecule has 0 N–H and O–H groups in total. The predicted octanol–water partition coefficient (Wildman–Crippen LogP) is 3.50. The molecule has 1 aromatic heterocycles. The molecule has 120 valence electrons. The molecule has 1 aromatic carbocycles. The number of carbonyl (C=O) groups excluding carboxylic acids is 2. The minimum absolute atomic E-state index is 0.0328. The summed E-state index contributed by atoms with van der Waals surface area (Å²) >= 11 is 8.88. The van der Waals surface area contributed by atoms with Gasteiger partial charge >= 0.3 is 0 Å². The van der Waals surface area contributed by atoms with Gasteiger partial charge < -0.3 is 9.80 Å². The Morgan fingerprint density at radius 2 is 2.09 bits per heavy atom. The lowest BCUT2D eigenvalue weighted by Crippen LogP contribution is -2.43. The van der Waals surface area contributed by atoms with Gasteiger partial charge in [0, 0.05) is 16.8 Å². The SMILES string of the molecule is CN(Cc1ccc(Cl)s1)C(=O)CN1C(=O)CSc2ccccc21. The van der Waals surface area contributed by atoms with E-state index in [9.17, 15) is 9.59 Å². The van der Waals surface area contributed by atoms with E-state index in [4.69, 9.17) is 11.6 Å². The third-order valence-corrected chi connectivity index (χ3v) is 5.81. The lowest BCUT2D eigenvalue weighted by Gasteiger charge is -2.29. The molecule has 0 saturated heterocycles. The van der Waals surface area contributed by atoms with Gasteiger partial charge in [-0.25, -0.2) is 0 Å². The van der Waals surface area contributed by atoms with Crippen LogP contribution in [0.15, 0.2) is 41.3 Å². The summed E-state index contributed by atoms with van der Waals surface area (Å²) < 4.78 is 0.706. The Morgan fingerprint density at radius 3 is 2.83 bits per heavy atom.